The molecule has 0 amide bonds. The lowest BCUT2D eigenvalue weighted by Crippen LogP contribution is -2.11. The van der Waals surface area contributed by atoms with Gasteiger partial charge in [-0.2, -0.15) is 0 Å². The van der Waals surface area contributed by atoms with Crippen LogP contribution in [0, 0.1) is 20.8 Å². The number of nitrogens with zero attached hydrogens (tertiary/aromatic N) is 4. The molecule has 4 nitrogen and oxygen atoms in total. The monoisotopic (exact) mass is 286 g/mol. The zero-order chi connectivity index (χ0) is 14.1. The van der Waals surface area contributed by atoms with Gasteiger partial charge in [-0.1, -0.05) is 6.92 Å². The lowest BCUT2D eigenvalue weighted by molar-refractivity contribution is 0.659. The summed E-state index contributed by atoms with van der Waals surface area (Å²) in [4.78, 5) is 6.47. The van der Waals surface area contributed by atoms with Crippen LogP contribution in [0.15, 0.2) is 4.99 Å². The van der Waals surface area contributed by atoms with Crippen molar-refractivity contribution in [2.45, 2.75) is 52.5 Å². The van der Waals surface area contributed by atoms with Gasteiger partial charge in [0.05, 0.1) is 0 Å². The molecule has 0 aromatic carbocycles. The minimum Gasteiger partial charge on any atom is -0.274 e. The van der Waals surface area contributed by atoms with Gasteiger partial charge >= 0.3 is 0 Å². The predicted octanol–water partition coefficient (Wildman–Crippen LogP) is 3.46. The molecule has 0 bridgehead atoms. The topological polar surface area (TPSA) is 43.1 Å². The highest BCUT2D eigenvalue weighted by Gasteiger charge is 2.51. The molecular formula is C15H18N4S. The maximum Gasteiger partial charge on any atom is 0.166 e. The number of hydrogen-bond acceptors (Lipinski definition) is 4. The van der Waals surface area contributed by atoms with E-state index in [1.54, 1.807) is 0 Å². The fraction of sp³-hybridized carbons (Fsp3) is 0.533. The quantitative estimate of drug-likeness (QED) is 0.805. The van der Waals surface area contributed by atoms with Crippen LogP contribution in [0.1, 0.15) is 53.8 Å². The first-order valence-corrected chi connectivity index (χ1v) is 8.01. The molecule has 5 heteroatoms. The molecule has 2 aliphatic rings. The minimum atomic E-state index is -0.0916. The second kappa shape index (κ2) is 3.79. The first kappa shape index (κ1) is 12.3. The molecule has 3 heterocycles. The highest BCUT2D eigenvalue weighted by atomic mass is 32.1. The van der Waals surface area contributed by atoms with Crippen LogP contribution in [0.2, 0.25) is 0 Å². The number of aliphatic imine (C=N–C) groups is 1. The summed E-state index contributed by atoms with van der Waals surface area (Å²) in [5.41, 5.74) is 3.83. The van der Waals surface area contributed by atoms with Crippen molar-refractivity contribution in [3.05, 3.63) is 27.7 Å². The lowest BCUT2D eigenvalue weighted by Gasteiger charge is -2.09. The molecule has 0 unspecified atom stereocenters. The zero-order valence-electron chi connectivity index (χ0n) is 12.3. The number of aryl methyl sites for hydroxylation is 2. The molecule has 1 aliphatic carbocycles. The van der Waals surface area contributed by atoms with Gasteiger partial charge in [0.1, 0.15) is 16.4 Å². The van der Waals surface area contributed by atoms with Gasteiger partial charge in [0.25, 0.3) is 0 Å². The summed E-state index contributed by atoms with van der Waals surface area (Å²) in [6.45, 7) is 8.64. The zero-order valence-corrected chi connectivity index (χ0v) is 13.1. The third-order valence-corrected chi connectivity index (χ3v) is 5.70. The van der Waals surface area contributed by atoms with E-state index in [1.165, 1.54) is 26.7 Å². The Balaban J connectivity index is 2.12. The Morgan fingerprint density at radius 3 is 2.60 bits per heavy atom. The Kier molecular flexibility index (Phi) is 2.32. The van der Waals surface area contributed by atoms with Gasteiger partial charge in [-0.05, 0) is 45.6 Å². The van der Waals surface area contributed by atoms with Crippen LogP contribution in [-0.4, -0.2) is 20.5 Å². The second-order valence-electron chi connectivity index (χ2n) is 5.81. The van der Waals surface area contributed by atoms with Gasteiger partial charge in [-0.25, -0.2) is 0 Å². The van der Waals surface area contributed by atoms with Gasteiger partial charge in [-0.3, -0.25) is 9.56 Å². The summed E-state index contributed by atoms with van der Waals surface area (Å²) in [7, 11) is 0. The molecule has 0 N–H and O–H groups in total. The van der Waals surface area contributed by atoms with Crippen molar-refractivity contribution >= 4 is 17.0 Å². The molecule has 104 valence electrons. The molecule has 2 aromatic heterocycles. The van der Waals surface area contributed by atoms with Crippen molar-refractivity contribution in [2.24, 2.45) is 4.99 Å². The van der Waals surface area contributed by atoms with Crippen molar-refractivity contribution in [1.29, 1.82) is 0 Å². The molecule has 1 aliphatic heterocycles. The van der Waals surface area contributed by atoms with E-state index >= 15 is 0 Å². The summed E-state index contributed by atoms with van der Waals surface area (Å²) in [5.74, 6) is 2.02. The molecule has 0 atom stereocenters. The maximum absolute atomic E-state index is 5.11. The van der Waals surface area contributed by atoms with Crippen LogP contribution in [0.25, 0.3) is 5.00 Å². The Hall–Kier alpha value is -1.49. The fourth-order valence-corrected chi connectivity index (χ4v) is 4.31. The van der Waals surface area contributed by atoms with Crippen molar-refractivity contribution < 1.29 is 0 Å². The normalized spacial score (nSPS) is 18.5. The summed E-state index contributed by atoms with van der Waals surface area (Å²) in [5, 5.41) is 10.0. The summed E-state index contributed by atoms with van der Waals surface area (Å²) in [6, 6.07) is 0. The second-order valence-corrected chi connectivity index (χ2v) is 7.02. The lowest BCUT2D eigenvalue weighted by atomic mass is 10.0. The van der Waals surface area contributed by atoms with Crippen LogP contribution in [0.5, 0.6) is 0 Å². The molecule has 20 heavy (non-hydrogen) atoms. The largest absolute Gasteiger partial charge is 0.274 e. The van der Waals surface area contributed by atoms with Crippen LogP contribution >= 0.6 is 11.3 Å². The van der Waals surface area contributed by atoms with Crippen LogP contribution in [0.4, 0.5) is 0 Å². The average molecular weight is 286 g/mol. The van der Waals surface area contributed by atoms with Crippen molar-refractivity contribution in [3.63, 3.8) is 0 Å². The molecular weight excluding hydrogens is 268 g/mol. The van der Waals surface area contributed by atoms with E-state index < -0.39 is 0 Å². The van der Waals surface area contributed by atoms with Gasteiger partial charge < -0.3 is 0 Å². The minimum absolute atomic E-state index is 0.0916. The molecule has 4 rings (SSSR count). The van der Waals surface area contributed by atoms with Crippen LogP contribution < -0.4 is 0 Å². The van der Waals surface area contributed by atoms with Gasteiger partial charge in [0.2, 0.25) is 0 Å². The number of aromatic nitrogens is 3. The number of thiophene rings is 1. The molecule has 1 spiro atoms. The maximum atomic E-state index is 5.11. The number of hydrogen-bond donors (Lipinski definition) is 0. The van der Waals surface area contributed by atoms with Crippen LogP contribution in [0.3, 0.4) is 0 Å². The molecule has 0 radical (unpaired) electrons. The number of fused-ring (bicyclic) bond motifs is 4. The first-order chi connectivity index (χ1) is 9.57. The smallest absolute Gasteiger partial charge is 0.166 e. The summed E-state index contributed by atoms with van der Waals surface area (Å²) >= 11 is 1.84. The highest BCUT2D eigenvalue weighted by molar-refractivity contribution is 7.15. The van der Waals surface area contributed by atoms with Crippen LogP contribution in [-0.2, 0) is 5.54 Å². The fourth-order valence-electron chi connectivity index (χ4n) is 3.09. The molecule has 2 aromatic rings. The van der Waals surface area contributed by atoms with E-state index in [1.807, 2.05) is 18.3 Å². The Morgan fingerprint density at radius 1 is 1.20 bits per heavy atom. The van der Waals surface area contributed by atoms with Gasteiger partial charge in [0.15, 0.2) is 5.82 Å². The van der Waals surface area contributed by atoms with E-state index in [-0.39, 0.29) is 5.54 Å². The molecule has 1 fully saturated rings. The SMILES string of the molecule is CCC1=NC2(CC2)c2nnc(C)n2-c2sc(C)c(C)c21. The Bertz CT molecular complexity index is 746. The van der Waals surface area contributed by atoms with E-state index in [0.29, 0.717) is 0 Å². The third-order valence-electron chi connectivity index (χ3n) is 4.51. The average Bonchev–Trinajstić information content (AvgIpc) is 3.04. The third kappa shape index (κ3) is 1.39. The van der Waals surface area contributed by atoms with E-state index in [9.17, 15) is 0 Å². The standard InChI is InChI=1S/C15H18N4S/c1-5-11-12-8(2)9(3)20-13(12)19-10(4)17-18-14(19)15(16-11)6-7-15/h5-7H2,1-4H3. The van der Waals surface area contributed by atoms with Crippen molar-refractivity contribution in [2.75, 3.05) is 0 Å². The highest BCUT2D eigenvalue weighted by Crippen LogP contribution is 2.52. The summed E-state index contributed by atoms with van der Waals surface area (Å²) < 4.78 is 2.25. The Labute approximate surface area is 122 Å². The van der Waals surface area contributed by atoms with E-state index in [0.717, 1.165) is 30.9 Å². The van der Waals surface area contributed by atoms with Gasteiger partial charge in [-0.15, -0.1) is 21.5 Å². The number of rotatable bonds is 1. The van der Waals surface area contributed by atoms with Gasteiger partial charge in [0, 0.05) is 16.2 Å². The van der Waals surface area contributed by atoms with Crippen molar-refractivity contribution in [1.82, 2.24) is 14.8 Å². The predicted molar refractivity (Wildman–Crippen MR) is 81.2 cm³/mol. The summed E-state index contributed by atoms with van der Waals surface area (Å²) in [6.07, 6.45) is 3.17. The van der Waals surface area contributed by atoms with E-state index in [2.05, 4.69) is 35.5 Å². The molecule has 1 saturated carbocycles. The Morgan fingerprint density at radius 2 is 1.95 bits per heavy atom. The van der Waals surface area contributed by atoms with E-state index in [4.69, 9.17) is 4.99 Å². The molecule has 0 saturated heterocycles. The first-order valence-electron chi connectivity index (χ1n) is 7.19. The van der Waals surface area contributed by atoms with Crippen molar-refractivity contribution in [3.8, 4) is 5.00 Å².